The first-order valence-corrected chi connectivity index (χ1v) is 21.8. The molecular weight excluding hydrogens is 742 g/mol. The van der Waals surface area contributed by atoms with Gasteiger partial charge in [0.15, 0.2) is 0 Å². The number of hydrogen-bond donors (Lipinski definition) is 2. The van der Waals surface area contributed by atoms with E-state index in [9.17, 15) is 0 Å². The Balaban J connectivity index is 0.00000103. The molecule has 49 heavy (non-hydrogen) atoms. The van der Waals surface area contributed by atoms with Crippen LogP contribution in [0.5, 0.6) is 0 Å². The minimum absolute atomic E-state index is 0. The van der Waals surface area contributed by atoms with Gasteiger partial charge in [-0.05, 0) is 86.6 Å². The minimum atomic E-state index is -1.17. The molecule has 0 atom stereocenters. The normalized spacial score (nSPS) is 11.3. The first kappa shape index (κ1) is 38.9. The summed E-state index contributed by atoms with van der Waals surface area (Å²) in [5.41, 5.74) is 0.125. The van der Waals surface area contributed by atoms with Crippen LogP contribution in [0.1, 0.15) is 13.8 Å². The van der Waals surface area contributed by atoms with Crippen LogP contribution in [0.25, 0.3) is 0 Å². The molecule has 0 aliphatic heterocycles. The van der Waals surface area contributed by atoms with Crippen molar-refractivity contribution >= 4 is 55.6 Å². The van der Waals surface area contributed by atoms with Crippen molar-refractivity contribution in [2.24, 2.45) is 5.41 Å². The van der Waals surface area contributed by atoms with Crippen LogP contribution in [0, 0.1) is 5.41 Å². The van der Waals surface area contributed by atoms with Gasteiger partial charge >= 0.3 is 19.5 Å². The first-order valence-electron chi connectivity index (χ1n) is 16.7. The van der Waals surface area contributed by atoms with Crippen LogP contribution in [-0.4, -0.2) is 35.0 Å². The van der Waals surface area contributed by atoms with Crippen LogP contribution >= 0.6 is 23.8 Å². The summed E-state index contributed by atoms with van der Waals surface area (Å²) in [4.78, 5) is 0. The van der Waals surface area contributed by atoms with Gasteiger partial charge in [0.25, 0.3) is 0 Å². The molecule has 0 bridgehead atoms. The Kier molecular flexibility index (Phi) is 16.0. The van der Waals surface area contributed by atoms with Gasteiger partial charge in [0.1, 0.15) is 6.29 Å². The molecule has 0 saturated carbocycles. The number of aliphatic hydroxyl groups is 2. The molecule has 0 aliphatic carbocycles. The van der Waals surface area contributed by atoms with E-state index in [2.05, 4.69) is 189 Å². The maximum absolute atomic E-state index is 7.61. The Morgan fingerprint density at radius 1 is 0.388 bits per heavy atom. The average molecular weight is 792 g/mol. The zero-order valence-corrected chi connectivity index (χ0v) is 33.1. The summed E-state index contributed by atoms with van der Waals surface area (Å²) in [5, 5.41) is 24.3. The maximum atomic E-state index is 7.61. The molecule has 6 aromatic rings. The van der Waals surface area contributed by atoms with E-state index in [1.54, 1.807) is 0 Å². The Morgan fingerprint density at radius 3 is 0.673 bits per heavy atom. The van der Waals surface area contributed by atoms with Gasteiger partial charge in [-0.15, -0.1) is 0 Å². The molecular formula is C43H49O2P3Ru+3. The van der Waals surface area contributed by atoms with Crippen LogP contribution < -0.4 is 31.8 Å². The van der Waals surface area contributed by atoms with Crippen molar-refractivity contribution < 1.29 is 29.7 Å². The zero-order valence-electron chi connectivity index (χ0n) is 28.3. The second-order valence-electron chi connectivity index (χ2n) is 12.6. The van der Waals surface area contributed by atoms with Gasteiger partial charge in [-0.2, -0.15) is 0 Å². The summed E-state index contributed by atoms with van der Waals surface area (Å²) >= 11 is 0. The van der Waals surface area contributed by atoms with Gasteiger partial charge in [-0.25, -0.2) is 0 Å². The van der Waals surface area contributed by atoms with Crippen molar-refractivity contribution in [3.63, 3.8) is 0 Å². The van der Waals surface area contributed by atoms with Gasteiger partial charge in [0, 0.05) is 0 Å². The molecule has 0 heterocycles. The standard InChI is InChI=1S/C41H39P3.C2H6O2.Ru.H/c1-41(32-42(35-20-8-2-9-21-35)36-22-10-3-11-23-36,33-43(37-24-12-4-13-25-37)38-26-14-5-15-27-38)34-44(39-28-16-6-17-29-39)40-30-18-7-19-31-40;1-2(3)4;;/h2-31H,32-34H2,1H3;2-4H,1H3;;/p+3. The summed E-state index contributed by atoms with van der Waals surface area (Å²) < 4.78 is 0. The molecule has 0 aliphatic rings. The third-order valence-corrected chi connectivity index (χ3v) is 18.3. The Bertz CT molecular complexity index is 1420. The topological polar surface area (TPSA) is 40.5 Å². The summed E-state index contributed by atoms with van der Waals surface area (Å²) in [5.74, 6) is 0. The number of rotatable bonds is 12. The van der Waals surface area contributed by atoms with Crippen LogP contribution in [-0.2, 0) is 19.5 Å². The number of hydrogen-bond acceptors (Lipinski definition) is 2. The van der Waals surface area contributed by atoms with E-state index >= 15 is 0 Å². The molecule has 6 aromatic carbocycles. The molecule has 6 heteroatoms. The number of benzene rings is 6. The van der Waals surface area contributed by atoms with Crippen LogP contribution in [0.15, 0.2) is 182 Å². The molecule has 0 amide bonds. The predicted molar refractivity (Wildman–Crippen MR) is 219 cm³/mol. The second kappa shape index (κ2) is 20.1. The van der Waals surface area contributed by atoms with Crippen LogP contribution in [0.2, 0.25) is 0 Å². The summed E-state index contributed by atoms with van der Waals surface area (Å²) in [6, 6.07) is 68.2. The van der Waals surface area contributed by atoms with Gasteiger partial charge in [0.2, 0.25) is 0 Å². The van der Waals surface area contributed by atoms with E-state index in [0.717, 1.165) is 0 Å². The Labute approximate surface area is 309 Å². The molecule has 0 fully saturated rings. The number of aliphatic hydroxyl groups excluding tert-OH is 1. The van der Waals surface area contributed by atoms with E-state index in [-0.39, 0.29) is 24.9 Å². The first-order chi connectivity index (χ1) is 23.4. The molecule has 2 nitrogen and oxygen atoms in total. The van der Waals surface area contributed by atoms with E-state index < -0.39 is 30.1 Å². The van der Waals surface area contributed by atoms with E-state index in [1.807, 2.05) is 0 Å². The summed E-state index contributed by atoms with van der Waals surface area (Å²) in [7, 11) is -3.12. The fourth-order valence-corrected chi connectivity index (χ4v) is 16.3. The summed E-state index contributed by atoms with van der Waals surface area (Å²) in [6.07, 6.45) is 2.44. The molecule has 0 aromatic heterocycles. The van der Waals surface area contributed by atoms with Crippen molar-refractivity contribution in [1.82, 2.24) is 0 Å². The van der Waals surface area contributed by atoms with Crippen LogP contribution in [0.3, 0.4) is 0 Å². The van der Waals surface area contributed by atoms with Gasteiger partial charge < -0.3 is 10.2 Å². The van der Waals surface area contributed by atoms with E-state index in [0.29, 0.717) is 0 Å². The molecule has 0 unspecified atom stereocenters. The third-order valence-electron chi connectivity index (χ3n) is 8.54. The molecule has 6 rings (SSSR count). The molecule has 0 radical (unpaired) electrons. The molecule has 2 N–H and O–H groups in total. The monoisotopic (exact) mass is 792 g/mol. The molecule has 0 spiro atoms. The fraction of sp³-hybridized carbons (Fsp3) is 0.163. The average Bonchev–Trinajstić information content (AvgIpc) is 3.14. The molecule has 0 saturated heterocycles. The van der Waals surface area contributed by atoms with Crippen molar-refractivity contribution in [2.45, 2.75) is 20.1 Å². The Morgan fingerprint density at radius 2 is 0.531 bits per heavy atom. The van der Waals surface area contributed by atoms with Crippen molar-refractivity contribution in [1.29, 1.82) is 0 Å². The van der Waals surface area contributed by atoms with Crippen molar-refractivity contribution in [3.8, 4) is 0 Å². The van der Waals surface area contributed by atoms with E-state index in [4.69, 9.17) is 10.2 Å². The third kappa shape index (κ3) is 11.9. The fourth-order valence-electron chi connectivity index (χ4n) is 6.42. The zero-order chi connectivity index (χ0) is 33.6. The van der Waals surface area contributed by atoms with Crippen molar-refractivity contribution in [2.75, 3.05) is 18.5 Å². The van der Waals surface area contributed by atoms with Gasteiger partial charge in [0.05, 0.1) is 79.5 Å². The SMILES string of the molecule is CC(C[PH+](c1ccccc1)c1ccccc1)(C[PH+](c1ccccc1)c1ccccc1)C[PH+](c1ccccc1)c1ccccc1.CC(O)O.[RuH]. The van der Waals surface area contributed by atoms with E-state index in [1.165, 1.54) is 57.2 Å². The second-order valence-corrected chi connectivity index (χ2v) is 20.0. The molecule has 253 valence electrons. The Hall–Kier alpha value is -2.85. The summed E-state index contributed by atoms with van der Waals surface area (Å²) in [6.45, 7) is 3.91. The predicted octanol–water partition coefficient (Wildman–Crippen LogP) is 6.64. The quantitative estimate of drug-likeness (QED) is 0.0831. The van der Waals surface area contributed by atoms with Crippen LogP contribution in [0.4, 0.5) is 0 Å². The van der Waals surface area contributed by atoms with Gasteiger partial charge in [-0.1, -0.05) is 109 Å². The van der Waals surface area contributed by atoms with Crippen molar-refractivity contribution in [3.05, 3.63) is 182 Å². The van der Waals surface area contributed by atoms with Gasteiger partial charge in [-0.3, -0.25) is 0 Å².